The molecule has 6 heteroatoms. The van der Waals surface area contributed by atoms with Gasteiger partial charge in [0.25, 0.3) is 0 Å². The van der Waals surface area contributed by atoms with Crippen LogP contribution in [0.1, 0.15) is 13.8 Å². The summed E-state index contributed by atoms with van der Waals surface area (Å²) in [5.74, 6) is 0. The van der Waals surface area contributed by atoms with Gasteiger partial charge in [0.15, 0.2) is 0 Å². The number of thiocarbonyl (C=S) groups is 2. The normalized spacial score (nSPS) is 6.43. The van der Waals surface area contributed by atoms with Gasteiger partial charge in [0, 0.05) is 0 Å². The first-order valence-corrected chi connectivity index (χ1v) is 4.66. The second kappa shape index (κ2) is 15.1. The van der Waals surface area contributed by atoms with Gasteiger partial charge in [-0.3, -0.25) is 0 Å². The molecule has 0 unspecified atom stereocenters. The van der Waals surface area contributed by atoms with Crippen molar-refractivity contribution in [3.05, 3.63) is 24.3 Å². The van der Waals surface area contributed by atoms with Crippen molar-refractivity contribution in [1.82, 2.24) is 0 Å². The molecule has 0 aromatic carbocycles. The maximum atomic E-state index is 4.53. The van der Waals surface area contributed by atoms with Crippen molar-refractivity contribution >= 4 is 58.1 Å². The Hall–Kier alpha value is 2.10. The Morgan fingerprint density at radius 2 is 0.929 bits per heavy atom. The Bertz CT molecular complexity index is 175. The monoisotopic (exact) mass is 280 g/mol. The maximum absolute atomic E-state index is 4.53. The Labute approximate surface area is 153 Å². The fourth-order valence-corrected chi connectivity index (χ4v) is 0. The Balaban J connectivity index is -0.0000000625. The van der Waals surface area contributed by atoms with Gasteiger partial charge in [-0.05, 0) is 13.8 Å². The van der Waals surface area contributed by atoms with E-state index >= 15 is 0 Å². The third kappa shape index (κ3) is 23.7. The first-order valence-electron chi connectivity index (χ1n) is 3.02. The molecular weight excluding hydrogens is 270 g/mol. The first-order chi connectivity index (χ1) is 5.29. The van der Waals surface area contributed by atoms with Crippen LogP contribution in [-0.4, -0.2) is 8.39 Å². The molecule has 68 valence electrons. The van der Waals surface area contributed by atoms with E-state index in [0.717, 1.165) is 11.1 Å². The molecule has 0 spiro atoms. The van der Waals surface area contributed by atoms with E-state index in [4.69, 9.17) is 0 Å². The molecule has 0 bridgehead atoms. The molecule has 0 aromatic rings. The van der Waals surface area contributed by atoms with Crippen molar-refractivity contribution in [1.29, 1.82) is 0 Å². The van der Waals surface area contributed by atoms with Crippen LogP contribution in [0.3, 0.4) is 0 Å². The summed E-state index contributed by atoms with van der Waals surface area (Å²) in [6.45, 7) is 10.6. The predicted molar refractivity (Wildman–Crippen MR) is 69.6 cm³/mol. The average molecular weight is 280 g/mol. The summed E-state index contributed by atoms with van der Waals surface area (Å²) in [4.78, 5) is 0. The molecule has 0 heterocycles. The zero-order valence-corrected chi connectivity index (χ0v) is 16.3. The number of hydrogen-bond acceptors (Lipinski definition) is 4. The van der Waals surface area contributed by atoms with Gasteiger partial charge in [-0.25, -0.2) is 0 Å². The van der Waals surface area contributed by atoms with Crippen LogP contribution in [0.2, 0.25) is 0 Å². The van der Waals surface area contributed by atoms with Crippen LogP contribution in [0, 0.1) is 0 Å². The first kappa shape index (κ1) is 25.1. The zero-order valence-electron chi connectivity index (χ0n) is 9.05. The van der Waals surface area contributed by atoms with E-state index in [1.54, 1.807) is 13.8 Å². The quantitative estimate of drug-likeness (QED) is 0.227. The van der Waals surface area contributed by atoms with Gasteiger partial charge in [0.2, 0.25) is 0 Å². The van der Waals surface area contributed by atoms with Gasteiger partial charge in [-0.1, -0.05) is 24.3 Å². The second-order valence-corrected chi connectivity index (χ2v) is 4.29. The van der Waals surface area contributed by atoms with Crippen LogP contribution in [-0.2, 0) is 25.3 Å². The second-order valence-electron chi connectivity index (χ2n) is 2.14. The molecule has 0 aliphatic carbocycles. The Morgan fingerprint density at radius 1 is 0.857 bits per heavy atom. The zero-order chi connectivity index (χ0) is 10.3. The van der Waals surface area contributed by atoms with Crippen molar-refractivity contribution in [2.24, 2.45) is 0 Å². The topological polar surface area (TPSA) is 0 Å². The van der Waals surface area contributed by atoms with Crippen molar-refractivity contribution in [2.75, 3.05) is 0 Å². The summed E-state index contributed by atoms with van der Waals surface area (Å²) in [5.41, 5.74) is 1.61. The molecule has 0 saturated heterocycles. The van der Waals surface area contributed by atoms with Crippen molar-refractivity contribution in [3.8, 4) is 0 Å². The van der Waals surface area contributed by atoms with Crippen molar-refractivity contribution in [3.63, 3.8) is 0 Å². The van der Waals surface area contributed by atoms with Crippen molar-refractivity contribution in [2.45, 2.75) is 13.8 Å². The minimum Gasteiger partial charge on any atom is -0.428 e. The van der Waals surface area contributed by atoms with E-state index in [1.165, 1.54) is 0 Å². The Morgan fingerprint density at radius 3 is 0.929 bits per heavy atom. The summed E-state index contributed by atoms with van der Waals surface area (Å²) in [6, 6.07) is 0. The molecule has 0 aliphatic rings. The van der Waals surface area contributed by atoms with Gasteiger partial charge in [0.1, 0.15) is 0 Å². The van der Waals surface area contributed by atoms with E-state index in [1.807, 2.05) is 0 Å². The largest absolute Gasteiger partial charge is 1.00 e. The molecule has 14 heavy (non-hydrogen) atoms. The average Bonchev–Trinajstić information content (AvgIpc) is 1.88. The minimum atomic E-state index is 0. The van der Waals surface area contributed by atoms with Gasteiger partial charge in [0.05, 0.1) is 0 Å². The van der Waals surface area contributed by atoms with E-state index in [0.29, 0.717) is 8.39 Å². The molecule has 0 atom stereocenters. The third-order valence-electron chi connectivity index (χ3n) is 0.697. The summed E-state index contributed by atoms with van der Waals surface area (Å²) in [7, 11) is 0. The van der Waals surface area contributed by atoms with E-state index in [9.17, 15) is 0 Å². The predicted octanol–water partition coefficient (Wildman–Crippen LogP) is -3.12. The number of rotatable bonds is 2. The SMILES string of the molecule is C=C(C)C(=S)[S-].C=C(C)C(=S)[S-].[Na+].[Na+]. The molecule has 0 N–H and O–H groups in total. The molecular formula is C8H10Na2S4. The Kier molecular flexibility index (Phi) is 27.0. The van der Waals surface area contributed by atoms with Crippen LogP contribution in [0.5, 0.6) is 0 Å². The molecule has 0 nitrogen and oxygen atoms in total. The molecule has 0 radical (unpaired) electrons. The van der Waals surface area contributed by atoms with Gasteiger partial charge in [-0.15, -0.1) is 8.39 Å². The fraction of sp³-hybridized carbons (Fsp3) is 0.250. The maximum Gasteiger partial charge on any atom is 1.00 e. The standard InChI is InChI=1S/2C4H6S2.2Na/c2*1-3(2)4(5)6;;/h2*1H2,2H3,(H,5,6);;/q;;2*+1/p-2. The van der Waals surface area contributed by atoms with E-state index in [-0.39, 0.29) is 59.1 Å². The van der Waals surface area contributed by atoms with E-state index in [2.05, 4.69) is 62.9 Å². The fourth-order valence-electron chi connectivity index (χ4n) is 0. The third-order valence-corrected chi connectivity index (χ3v) is 2.09. The van der Waals surface area contributed by atoms with Crippen LogP contribution in [0.4, 0.5) is 0 Å². The van der Waals surface area contributed by atoms with E-state index < -0.39 is 0 Å². The summed E-state index contributed by atoms with van der Waals surface area (Å²) < 4.78 is 0.963. The smallest absolute Gasteiger partial charge is 0.428 e. The van der Waals surface area contributed by atoms with Crippen LogP contribution in [0.15, 0.2) is 24.3 Å². The van der Waals surface area contributed by atoms with Crippen molar-refractivity contribution < 1.29 is 59.1 Å². The minimum absolute atomic E-state index is 0. The summed E-state index contributed by atoms with van der Waals surface area (Å²) in [6.07, 6.45) is 0. The summed E-state index contributed by atoms with van der Waals surface area (Å²) >= 11 is 18.1. The molecule has 0 aromatic heterocycles. The molecule has 0 rings (SSSR count). The van der Waals surface area contributed by atoms with Crippen LogP contribution < -0.4 is 59.1 Å². The molecule has 0 aliphatic heterocycles. The van der Waals surface area contributed by atoms with Gasteiger partial charge < -0.3 is 49.7 Å². The molecule has 0 amide bonds. The van der Waals surface area contributed by atoms with Crippen LogP contribution >= 0.6 is 24.4 Å². The summed E-state index contributed by atoms with van der Waals surface area (Å²) in [5, 5.41) is 0. The van der Waals surface area contributed by atoms with Gasteiger partial charge >= 0.3 is 59.1 Å². The van der Waals surface area contributed by atoms with Crippen LogP contribution in [0.25, 0.3) is 0 Å². The number of hydrogen-bond donors (Lipinski definition) is 0. The molecule has 0 fully saturated rings. The van der Waals surface area contributed by atoms with Gasteiger partial charge in [-0.2, -0.15) is 0 Å². The molecule has 0 saturated carbocycles.